The number of hydrogen-bond donors (Lipinski definition) is 3. The molecule has 0 atom stereocenters. The fourth-order valence-corrected chi connectivity index (χ4v) is 2.25. The van der Waals surface area contributed by atoms with Crippen LogP contribution in [-0.4, -0.2) is 11.1 Å². The van der Waals surface area contributed by atoms with Crippen molar-refractivity contribution in [2.45, 2.75) is 0 Å². The molecular weight excluding hydrogens is 379 g/mol. The van der Waals surface area contributed by atoms with Crippen LogP contribution in [0.15, 0.2) is 36.4 Å². The molecule has 2 aromatic rings. The average molecular weight is 389 g/mol. The van der Waals surface area contributed by atoms with Gasteiger partial charge in [0.15, 0.2) is 0 Å². The molecule has 0 aliphatic heterocycles. The Morgan fingerprint density at radius 2 is 1.95 bits per heavy atom. The molecule has 4 nitrogen and oxygen atoms in total. The van der Waals surface area contributed by atoms with Crippen molar-refractivity contribution >= 4 is 57.2 Å². The lowest BCUT2D eigenvalue weighted by molar-refractivity contribution is 0.0698. The summed E-state index contributed by atoms with van der Waals surface area (Å²) in [6.45, 7) is 0. The van der Waals surface area contributed by atoms with E-state index in [1.165, 1.54) is 6.07 Å². The first-order valence-corrected chi connectivity index (χ1v) is 6.78. The average Bonchev–Trinajstić information content (AvgIpc) is 2.33. The summed E-state index contributed by atoms with van der Waals surface area (Å²) >= 11 is 8.23. The van der Waals surface area contributed by atoms with Crippen LogP contribution in [0.2, 0.25) is 5.02 Å². The van der Waals surface area contributed by atoms with E-state index in [1.807, 2.05) is 12.1 Å². The van der Waals surface area contributed by atoms with Gasteiger partial charge in [0.1, 0.15) is 0 Å². The maximum atomic E-state index is 11.2. The zero-order valence-corrected chi connectivity index (χ0v) is 12.6. The smallest absolute Gasteiger partial charge is 0.337 e. The number of anilines is 3. The van der Waals surface area contributed by atoms with Crippen molar-refractivity contribution in [3.05, 3.63) is 50.6 Å². The number of hydrogen-bond acceptors (Lipinski definition) is 3. The molecule has 19 heavy (non-hydrogen) atoms. The van der Waals surface area contributed by atoms with Crippen LogP contribution in [0.4, 0.5) is 17.1 Å². The highest BCUT2D eigenvalue weighted by Gasteiger charge is 2.11. The number of nitrogens with one attached hydrogen (secondary N) is 1. The van der Waals surface area contributed by atoms with Crippen molar-refractivity contribution in [2.75, 3.05) is 11.1 Å². The van der Waals surface area contributed by atoms with Crippen molar-refractivity contribution in [2.24, 2.45) is 0 Å². The Morgan fingerprint density at radius 1 is 1.21 bits per heavy atom. The normalized spacial score (nSPS) is 10.2. The summed E-state index contributed by atoms with van der Waals surface area (Å²) in [5.74, 6) is -1.02. The lowest BCUT2D eigenvalue weighted by Crippen LogP contribution is -2.04. The van der Waals surface area contributed by atoms with Crippen LogP contribution in [-0.2, 0) is 0 Å². The summed E-state index contributed by atoms with van der Waals surface area (Å²) in [6, 6.07) is 10.0. The molecule has 0 radical (unpaired) electrons. The van der Waals surface area contributed by atoms with Gasteiger partial charge in [-0.25, -0.2) is 4.79 Å². The highest BCUT2D eigenvalue weighted by Crippen LogP contribution is 2.29. The van der Waals surface area contributed by atoms with Gasteiger partial charge in [-0.15, -0.1) is 0 Å². The Hall–Kier alpha value is -1.47. The molecule has 0 saturated carbocycles. The van der Waals surface area contributed by atoms with Gasteiger partial charge in [-0.05, 0) is 59.0 Å². The summed E-state index contributed by atoms with van der Waals surface area (Å²) in [7, 11) is 0. The number of rotatable bonds is 3. The summed E-state index contributed by atoms with van der Waals surface area (Å²) in [6.07, 6.45) is 0. The molecule has 0 aliphatic rings. The fraction of sp³-hybridized carbons (Fsp3) is 0. The predicted octanol–water partition coefficient (Wildman–Crippen LogP) is 3.97. The van der Waals surface area contributed by atoms with Crippen molar-refractivity contribution in [1.82, 2.24) is 0 Å². The molecule has 0 bridgehead atoms. The highest BCUT2D eigenvalue weighted by molar-refractivity contribution is 14.1. The summed E-state index contributed by atoms with van der Waals surface area (Å²) in [4.78, 5) is 11.2. The first kappa shape index (κ1) is 14.0. The number of carboxylic acid groups (broad SMARTS) is 1. The van der Waals surface area contributed by atoms with E-state index in [0.717, 1.165) is 3.57 Å². The van der Waals surface area contributed by atoms with Crippen molar-refractivity contribution in [1.29, 1.82) is 0 Å². The summed E-state index contributed by atoms with van der Waals surface area (Å²) < 4.78 is 0.991. The number of nitrogens with two attached hydrogens (primary N) is 1. The number of aromatic carboxylic acids is 1. The SMILES string of the molecule is Nc1ccc(C(=O)O)c(Nc2cc(I)ccc2Cl)c1. The van der Waals surface area contributed by atoms with E-state index in [2.05, 4.69) is 27.9 Å². The predicted molar refractivity (Wildman–Crippen MR) is 85.3 cm³/mol. The van der Waals surface area contributed by atoms with Gasteiger partial charge in [0.2, 0.25) is 0 Å². The number of halogens is 2. The van der Waals surface area contributed by atoms with Gasteiger partial charge in [0, 0.05) is 9.26 Å². The van der Waals surface area contributed by atoms with Crippen molar-refractivity contribution < 1.29 is 9.90 Å². The molecule has 0 saturated heterocycles. The maximum absolute atomic E-state index is 11.2. The third-order valence-electron chi connectivity index (χ3n) is 2.47. The number of carboxylic acids is 1. The summed E-state index contributed by atoms with van der Waals surface area (Å²) in [5, 5.41) is 12.7. The quantitative estimate of drug-likeness (QED) is 0.549. The Kier molecular flexibility index (Phi) is 4.16. The Balaban J connectivity index is 2.45. The van der Waals surface area contributed by atoms with Crippen molar-refractivity contribution in [3.63, 3.8) is 0 Å². The van der Waals surface area contributed by atoms with Crippen LogP contribution < -0.4 is 11.1 Å². The van der Waals surface area contributed by atoms with Gasteiger partial charge < -0.3 is 16.2 Å². The second-order valence-corrected chi connectivity index (χ2v) is 5.51. The number of benzene rings is 2. The van der Waals surface area contributed by atoms with Gasteiger partial charge in [-0.1, -0.05) is 11.6 Å². The first-order chi connectivity index (χ1) is 8.97. The molecule has 0 amide bonds. The maximum Gasteiger partial charge on any atom is 0.337 e. The highest BCUT2D eigenvalue weighted by atomic mass is 127. The van der Waals surface area contributed by atoms with Gasteiger partial charge in [-0.2, -0.15) is 0 Å². The third kappa shape index (κ3) is 3.30. The summed E-state index contributed by atoms with van der Waals surface area (Å²) in [5.41, 5.74) is 7.36. The molecule has 0 aromatic heterocycles. The molecule has 98 valence electrons. The minimum atomic E-state index is -1.02. The van der Waals surface area contributed by atoms with Crippen LogP contribution in [0.3, 0.4) is 0 Å². The van der Waals surface area contributed by atoms with E-state index in [1.54, 1.807) is 18.2 Å². The second kappa shape index (κ2) is 5.66. The Morgan fingerprint density at radius 3 is 2.63 bits per heavy atom. The largest absolute Gasteiger partial charge is 0.478 e. The molecule has 0 fully saturated rings. The van der Waals surface area contributed by atoms with E-state index in [4.69, 9.17) is 22.4 Å². The minimum Gasteiger partial charge on any atom is -0.478 e. The van der Waals surface area contributed by atoms with Crippen LogP contribution in [0.25, 0.3) is 0 Å². The van der Waals surface area contributed by atoms with E-state index < -0.39 is 5.97 Å². The van der Waals surface area contributed by atoms with Gasteiger partial charge >= 0.3 is 5.97 Å². The third-order valence-corrected chi connectivity index (χ3v) is 3.47. The van der Waals surface area contributed by atoms with E-state index in [9.17, 15) is 4.79 Å². The number of carbonyl (C=O) groups is 1. The fourth-order valence-electron chi connectivity index (χ4n) is 1.59. The molecule has 6 heteroatoms. The standard InChI is InChI=1S/C13H10ClIN2O2/c14-10-4-1-7(15)5-12(10)17-11-6-8(16)2-3-9(11)13(18)19/h1-6,17H,16H2,(H,18,19). The molecule has 0 unspecified atom stereocenters. The first-order valence-electron chi connectivity index (χ1n) is 5.32. The number of nitrogen functional groups attached to an aromatic ring is 1. The van der Waals surface area contributed by atoms with Crippen molar-refractivity contribution in [3.8, 4) is 0 Å². The van der Waals surface area contributed by atoms with Crippen LogP contribution in [0, 0.1) is 3.57 Å². The van der Waals surface area contributed by atoms with E-state index in [0.29, 0.717) is 22.1 Å². The Bertz CT molecular complexity index is 647. The van der Waals surface area contributed by atoms with E-state index >= 15 is 0 Å². The Labute approximate surface area is 128 Å². The zero-order chi connectivity index (χ0) is 14.0. The van der Waals surface area contributed by atoms with E-state index in [-0.39, 0.29) is 5.56 Å². The molecule has 0 heterocycles. The molecule has 2 rings (SSSR count). The van der Waals surface area contributed by atoms with Crippen LogP contribution in [0.5, 0.6) is 0 Å². The van der Waals surface area contributed by atoms with Crippen LogP contribution >= 0.6 is 34.2 Å². The molecular formula is C13H10ClIN2O2. The molecule has 4 N–H and O–H groups in total. The minimum absolute atomic E-state index is 0.143. The topological polar surface area (TPSA) is 75.4 Å². The van der Waals surface area contributed by atoms with Gasteiger partial charge in [0.25, 0.3) is 0 Å². The second-order valence-electron chi connectivity index (χ2n) is 3.86. The lowest BCUT2D eigenvalue weighted by Gasteiger charge is -2.12. The van der Waals surface area contributed by atoms with Gasteiger partial charge in [0.05, 0.1) is 22.0 Å². The van der Waals surface area contributed by atoms with Crippen LogP contribution in [0.1, 0.15) is 10.4 Å². The van der Waals surface area contributed by atoms with Gasteiger partial charge in [-0.3, -0.25) is 0 Å². The molecule has 0 spiro atoms. The zero-order valence-electron chi connectivity index (χ0n) is 9.65. The lowest BCUT2D eigenvalue weighted by atomic mass is 10.1. The molecule has 0 aliphatic carbocycles. The monoisotopic (exact) mass is 388 g/mol. The molecule has 2 aromatic carbocycles.